The van der Waals surface area contributed by atoms with Gasteiger partial charge in [0.15, 0.2) is 11.5 Å². The lowest BCUT2D eigenvalue weighted by atomic mass is 10.0. The van der Waals surface area contributed by atoms with Gasteiger partial charge in [0.25, 0.3) is 0 Å². The second kappa shape index (κ2) is 6.32. The molecule has 1 N–H and O–H groups in total. The molecule has 1 atom stereocenters. The fourth-order valence-electron chi connectivity index (χ4n) is 2.59. The predicted octanol–water partition coefficient (Wildman–Crippen LogP) is 2.05. The van der Waals surface area contributed by atoms with E-state index in [1.807, 2.05) is 36.0 Å². The summed E-state index contributed by atoms with van der Waals surface area (Å²) in [5.74, 6) is 2.28. The summed E-state index contributed by atoms with van der Waals surface area (Å²) in [4.78, 5) is 16.7. The third kappa shape index (κ3) is 3.16. The zero-order chi connectivity index (χ0) is 16.4. The molecule has 1 aromatic heterocycles. The van der Waals surface area contributed by atoms with Gasteiger partial charge in [-0.25, -0.2) is 4.98 Å². The number of carbonyl (C=O) groups is 1. The molecule has 0 unspecified atom stereocenters. The summed E-state index contributed by atoms with van der Waals surface area (Å²) in [7, 11) is 5.11. The van der Waals surface area contributed by atoms with Crippen LogP contribution in [0.2, 0.25) is 0 Å². The molecule has 1 fully saturated rings. The van der Waals surface area contributed by atoms with E-state index in [9.17, 15) is 4.79 Å². The van der Waals surface area contributed by atoms with Crippen LogP contribution in [0.15, 0.2) is 30.6 Å². The zero-order valence-electron chi connectivity index (χ0n) is 13.6. The monoisotopic (exact) mass is 315 g/mol. The summed E-state index contributed by atoms with van der Waals surface area (Å²) < 4.78 is 12.6. The summed E-state index contributed by atoms with van der Waals surface area (Å²) >= 11 is 0. The van der Waals surface area contributed by atoms with Crippen LogP contribution in [0.5, 0.6) is 11.5 Å². The highest BCUT2D eigenvalue weighted by atomic mass is 16.5. The molecular formula is C17H21N3O3. The van der Waals surface area contributed by atoms with E-state index in [4.69, 9.17) is 9.47 Å². The first-order valence-corrected chi connectivity index (χ1v) is 7.63. The molecule has 3 rings (SSSR count). The number of benzene rings is 1. The number of amides is 1. The molecule has 6 nitrogen and oxygen atoms in total. The number of imidazole rings is 1. The molecular weight excluding hydrogens is 294 g/mol. The van der Waals surface area contributed by atoms with Gasteiger partial charge in [-0.2, -0.15) is 0 Å². The Morgan fingerprint density at radius 2 is 2.04 bits per heavy atom. The van der Waals surface area contributed by atoms with E-state index in [0.29, 0.717) is 11.5 Å². The maximum absolute atomic E-state index is 12.3. The third-order valence-electron chi connectivity index (χ3n) is 4.09. The SMILES string of the molecule is COc1ccc([C@H](NC(=O)C2CC2)c2nccn2C)cc1OC. The minimum absolute atomic E-state index is 0.0767. The van der Waals surface area contributed by atoms with Gasteiger partial charge in [-0.05, 0) is 30.5 Å². The van der Waals surface area contributed by atoms with Crippen molar-refractivity contribution in [2.75, 3.05) is 14.2 Å². The summed E-state index contributed by atoms with van der Waals surface area (Å²) in [5, 5.41) is 3.11. The number of nitrogens with zero attached hydrogens (tertiary/aromatic N) is 2. The summed E-state index contributed by atoms with van der Waals surface area (Å²) in [6.45, 7) is 0. The Morgan fingerprint density at radius 3 is 2.61 bits per heavy atom. The highest BCUT2D eigenvalue weighted by Gasteiger charge is 2.32. The summed E-state index contributed by atoms with van der Waals surface area (Å²) in [6.07, 6.45) is 5.52. The maximum Gasteiger partial charge on any atom is 0.223 e. The van der Waals surface area contributed by atoms with Crippen LogP contribution in [0.1, 0.15) is 30.3 Å². The van der Waals surface area contributed by atoms with E-state index in [-0.39, 0.29) is 17.9 Å². The van der Waals surface area contributed by atoms with E-state index in [0.717, 1.165) is 24.2 Å². The highest BCUT2D eigenvalue weighted by molar-refractivity contribution is 5.81. The Bertz CT molecular complexity index is 707. The molecule has 1 saturated carbocycles. The van der Waals surface area contributed by atoms with Crippen molar-refractivity contribution < 1.29 is 14.3 Å². The average molecular weight is 315 g/mol. The lowest BCUT2D eigenvalue weighted by Gasteiger charge is -2.20. The van der Waals surface area contributed by atoms with Crippen molar-refractivity contribution in [2.45, 2.75) is 18.9 Å². The molecule has 1 amide bonds. The Morgan fingerprint density at radius 1 is 1.30 bits per heavy atom. The van der Waals surface area contributed by atoms with Gasteiger partial charge in [0.05, 0.1) is 14.2 Å². The minimum Gasteiger partial charge on any atom is -0.493 e. The lowest BCUT2D eigenvalue weighted by Crippen LogP contribution is -2.32. The van der Waals surface area contributed by atoms with E-state index in [1.54, 1.807) is 20.4 Å². The van der Waals surface area contributed by atoms with Crippen LogP contribution >= 0.6 is 0 Å². The Hall–Kier alpha value is -2.50. The number of hydrogen-bond acceptors (Lipinski definition) is 4. The summed E-state index contributed by atoms with van der Waals surface area (Å²) in [6, 6.07) is 5.33. The Balaban J connectivity index is 1.97. The number of carbonyl (C=O) groups excluding carboxylic acids is 1. The molecule has 0 radical (unpaired) electrons. The van der Waals surface area contributed by atoms with Gasteiger partial charge < -0.3 is 19.4 Å². The van der Waals surface area contributed by atoms with Crippen molar-refractivity contribution >= 4 is 5.91 Å². The molecule has 0 spiro atoms. The number of aromatic nitrogens is 2. The molecule has 1 aliphatic carbocycles. The van der Waals surface area contributed by atoms with Crippen LogP contribution in [-0.4, -0.2) is 29.7 Å². The molecule has 122 valence electrons. The minimum atomic E-state index is -0.317. The molecule has 0 saturated heterocycles. The number of aryl methyl sites for hydroxylation is 1. The topological polar surface area (TPSA) is 65.4 Å². The van der Waals surface area contributed by atoms with Crippen LogP contribution in [0.25, 0.3) is 0 Å². The van der Waals surface area contributed by atoms with Gasteiger partial charge >= 0.3 is 0 Å². The zero-order valence-corrected chi connectivity index (χ0v) is 13.6. The number of methoxy groups -OCH3 is 2. The first-order chi connectivity index (χ1) is 11.1. The molecule has 23 heavy (non-hydrogen) atoms. The van der Waals surface area contributed by atoms with Crippen LogP contribution in [0.3, 0.4) is 0 Å². The van der Waals surface area contributed by atoms with Gasteiger partial charge in [-0.15, -0.1) is 0 Å². The van der Waals surface area contributed by atoms with Crippen molar-refractivity contribution in [2.24, 2.45) is 13.0 Å². The number of hydrogen-bond donors (Lipinski definition) is 1. The highest BCUT2D eigenvalue weighted by Crippen LogP contribution is 2.34. The van der Waals surface area contributed by atoms with Gasteiger partial charge in [-0.3, -0.25) is 4.79 Å². The Kier molecular flexibility index (Phi) is 4.23. The van der Waals surface area contributed by atoms with Crippen LogP contribution < -0.4 is 14.8 Å². The summed E-state index contributed by atoms with van der Waals surface area (Å²) in [5.41, 5.74) is 0.908. The predicted molar refractivity (Wildman–Crippen MR) is 85.5 cm³/mol. The molecule has 1 heterocycles. The second-order valence-corrected chi connectivity index (χ2v) is 5.73. The largest absolute Gasteiger partial charge is 0.493 e. The molecule has 0 bridgehead atoms. The maximum atomic E-state index is 12.3. The van der Waals surface area contributed by atoms with Crippen molar-refractivity contribution in [3.8, 4) is 11.5 Å². The normalized spacial score (nSPS) is 15.1. The number of ether oxygens (including phenoxy) is 2. The fourth-order valence-corrected chi connectivity index (χ4v) is 2.59. The third-order valence-corrected chi connectivity index (χ3v) is 4.09. The van der Waals surface area contributed by atoms with E-state index >= 15 is 0 Å². The smallest absolute Gasteiger partial charge is 0.223 e. The van der Waals surface area contributed by atoms with E-state index in [2.05, 4.69) is 10.3 Å². The quantitative estimate of drug-likeness (QED) is 0.886. The first-order valence-electron chi connectivity index (χ1n) is 7.63. The lowest BCUT2D eigenvalue weighted by molar-refractivity contribution is -0.122. The molecule has 6 heteroatoms. The number of nitrogens with one attached hydrogen (secondary N) is 1. The molecule has 1 aliphatic rings. The van der Waals surface area contributed by atoms with Crippen molar-refractivity contribution in [1.29, 1.82) is 0 Å². The Labute approximate surface area is 135 Å². The molecule has 0 aliphatic heterocycles. The van der Waals surface area contributed by atoms with Gasteiger partial charge in [0.2, 0.25) is 5.91 Å². The van der Waals surface area contributed by atoms with Crippen LogP contribution in [-0.2, 0) is 11.8 Å². The van der Waals surface area contributed by atoms with Crippen LogP contribution in [0, 0.1) is 5.92 Å². The van der Waals surface area contributed by atoms with Crippen molar-refractivity contribution in [3.63, 3.8) is 0 Å². The van der Waals surface area contributed by atoms with Gasteiger partial charge in [0.1, 0.15) is 11.9 Å². The standard InChI is InChI=1S/C17H21N3O3/c1-20-9-8-18-16(20)15(19-17(21)11-4-5-11)12-6-7-13(22-2)14(10-12)23-3/h6-11,15H,4-5H2,1-3H3,(H,19,21)/t15-/m0/s1. The van der Waals surface area contributed by atoms with Crippen LogP contribution in [0.4, 0.5) is 0 Å². The molecule has 2 aromatic rings. The van der Waals surface area contributed by atoms with Crippen molar-refractivity contribution in [1.82, 2.24) is 14.9 Å². The fraction of sp³-hybridized carbons (Fsp3) is 0.412. The molecule has 1 aromatic carbocycles. The first kappa shape index (κ1) is 15.4. The second-order valence-electron chi connectivity index (χ2n) is 5.73. The van der Waals surface area contributed by atoms with Crippen molar-refractivity contribution in [3.05, 3.63) is 42.0 Å². The van der Waals surface area contributed by atoms with E-state index < -0.39 is 0 Å². The van der Waals surface area contributed by atoms with Gasteiger partial charge in [0, 0.05) is 25.4 Å². The average Bonchev–Trinajstić information content (AvgIpc) is 3.34. The van der Waals surface area contributed by atoms with Gasteiger partial charge in [-0.1, -0.05) is 6.07 Å². The van der Waals surface area contributed by atoms with E-state index in [1.165, 1.54) is 0 Å². The number of rotatable bonds is 6.